The van der Waals surface area contributed by atoms with Crippen molar-refractivity contribution in [1.82, 2.24) is 14.3 Å². The first-order valence-corrected chi connectivity index (χ1v) is 12.3. The average molecular weight is 526 g/mol. The normalized spacial score (nSPS) is 14.4. The molecule has 1 saturated heterocycles. The smallest absolute Gasteiger partial charge is 0.272 e. The van der Waals surface area contributed by atoms with E-state index in [1.54, 1.807) is 27.5 Å². The molecule has 1 amide bonds. The maximum atomic E-state index is 14.7. The minimum Gasteiger partial charge on any atom is -0.339 e. The number of H-pyrrole nitrogens is 1. The quantitative estimate of drug-likeness (QED) is 0.354. The molecule has 0 unspecified atom stereocenters. The summed E-state index contributed by atoms with van der Waals surface area (Å²) in [4.78, 5) is 42.3. The maximum absolute atomic E-state index is 14.7. The van der Waals surface area contributed by atoms with E-state index in [4.69, 9.17) is 23.2 Å². The zero-order valence-electron chi connectivity index (χ0n) is 19.1. The van der Waals surface area contributed by atoms with Crippen LogP contribution in [0.2, 0.25) is 10.2 Å². The molecule has 6 nitrogen and oxygen atoms in total. The number of nitrogens with zero attached hydrogens (tertiary/aromatic N) is 2. The van der Waals surface area contributed by atoms with E-state index in [1.165, 1.54) is 24.4 Å². The lowest BCUT2D eigenvalue weighted by molar-refractivity contribution is 0.0646. The number of fused-ring (bicyclic) bond motifs is 1. The van der Waals surface area contributed by atoms with Crippen LogP contribution >= 0.6 is 23.2 Å². The number of hydrogen-bond donors (Lipinski definition) is 1. The number of ketones is 1. The molecule has 0 saturated carbocycles. The molecule has 1 fully saturated rings. The fraction of sp³-hybridized carbons (Fsp3) is 0.222. The van der Waals surface area contributed by atoms with E-state index < -0.39 is 11.7 Å². The lowest BCUT2D eigenvalue weighted by Crippen LogP contribution is -2.40. The van der Waals surface area contributed by atoms with Crippen LogP contribution in [0.3, 0.4) is 0 Å². The second-order valence-corrected chi connectivity index (χ2v) is 9.67. The number of carbonyl (C=O) groups excluding carboxylic acids is 2. The van der Waals surface area contributed by atoms with Gasteiger partial charge in [0.25, 0.3) is 11.5 Å². The van der Waals surface area contributed by atoms with Gasteiger partial charge in [-0.25, -0.2) is 4.39 Å². The number of piperidine rings is 1. The Morgan fingerprint density at radius 1 is 1.03 bits per heavy atom. The second kappa shape index (κ2) is 9.91. The van der Waals surface area contributed by atoms with Gasteiger partial charge < -0.3 is 9.88 Å². The summed E-state index contributed by atoms with van der Waals surface area (Å²) >= 11 is 12.4. The summed E-state index contributed by atoms with van der Waals surface area (Å²) in [5.41, 5.74) is 1.90. The van der Waals surface area contributed by atoms with Gasteiger partial charge in [-0.15, -0.1) is 0 Å². The molecule has 2 aromatic carbocycles. The first-order chi connectivity index (χ1) is 17.3. The van der Waals surface area contributed by atoms with Crippen molar-refractivity contribution in [2.45, 2.75) is 19.3 Å². The highest BCUT2D eigenvalue weighted by Gasteiger charge is 2.29. The van der Waals surface area contributed by atoms with Crippen molar-refractivity contribution in [3.8, 4) is 0 Å². The third-order valence-electron chi connectivity index (χ3n) is 6.65. The van der Waals surface area contributed by atoms with E-state index in [0.717, 1.165) is 0 Å². The monoisotopic (exact) mass is 525 g/mol. The summed E-state index contributed by atoms with van der Waals surface area (Å²) in [5.74, 6) is -1.10. The summed E-state index contributed by atoms with van der Waals surface area (Å²) in [6, 6.07) is 15.0. The maximum Gasteiger partial charge on any atom is 0.272 e. The summed E-state index contributed by atoms with van der Waals surface area (Å²) in [7, 11) is 0. The first kappa shape index (κ1) is 24.3. The summed E-state index contributed by atoms with van der Waals surface area (Å²) in [6.07, 6.45) is 2.87. The second-order valence-electron chi connectivity index (χ2n) is 8.90. The van der Waals surface area contributed by atoms with Crippen molar-refractivity contribution in [2.24, 2.45) is 5.92 Å². The van der Waals surface area contributed by atoms with Gasteiger partial charge in [-0.05, 0) is 36.6 Å². The molecule has 3 heterocycles. The van der Waals surface area contributed by atoms with Crippen molar-refractivity contribution in [3.05, 3.63) is 110 Å². The largest absolute Gasteiger partial charge is 0.339 e. The number of rotatable bonds is 5. The molecule has 5 rings (SSSR count). The summed E-state index contributed by atoms with van der Waals surface area (Å²) in [5, 5.41) is 0.456. The Morgan fingerprint density at radius 3 is 2.47 bits per heavy atom. The Kier molecular flexibility index (Phi) is 6.69. The Bertz CT molecular complexity index is 1520. The van der Waals surface area contributed by atoms with Crippen LogP contribution in [0, 0.1) is 11.7 Å². The highest BCUT2D eigenvalue weighted by atomic mass is 35.5. The van der Waals surface area contributed by atoms with Crippen LogP contribution in [0.1, 0.15) is 44.8 Å². The first-order valence-electron chi connectivity index (χ1n) is 11.6. The number of hydrogen-bond acceptors (Lipinski definition) is 3. The summed E-state index contributed by atoms with van der Waals surface area (Å²) in [6.45, 7) is 0.757. The van der Waals surface area contributed by atoms with Gasteiger partial charge >= 0.3 is 0 Å². The van der Waals surface area contributed by atoms with E-state index >= 15 is 0 Å². The zero-order valence-corrected chi connectivity index (χ0v) is 20.7. The molecule has 1 N–H and O–H groups in total. The van der Waals surface area contributed by atoms with Crippen LogP contribution in [0.4, 0.5) is 4.39 Å². The number of halogens is 3. The minimum atomic E-state index is -0.611. The highest BCUT2D eigenvalue weighted by molar-refractivity contribution is 6.42. The molecule has 2 aromatic heterocycles. The fourth-order valence-electron chi connectivity index (χ4n) is 4.73. The van der Waals surface area contributed by atoms with Crippen molar-refractivity contribution < 1.29 is 14.0 Å². The Hall–Kier alpha value is -3.42. The molecule has 4 aromatic rings. The lowest BCUT2D eigenvalue weighted by Gasteiger charge is -2.31. The van der Waals surface area contributed by atoms with Crippen LogP contribution in [0.15, 0.2) is 65.6 Å². The van der Waals surface area contributed by atoms with Crippen LogP contribution in [-0.4, -0.2) is 39.1 Å². The predicted molar refractivity (Wildman–Crippen MR) is 137 cm³/mol. The van der Waals surface area contributed by atoms with Gasteiger partial charge in [0.05, 0.1) is 10.6 Å². The van der Waals surface area contributed by atoms with Crippen LogP contribution in [0.25, 0.3) is 5.52 Å². The molecule has 1 aliphatic heterocycles. The molecule has 0 atom stereocenters. The molecule has 9 heteroatoms. The van der Waals surface area contributed by atoms with E-state index in [0.29, 0.717) is 48.3 Å². The highest BCUT2D eigenvalue weighted by Crippen LogP contribution is 2.28. The zero-order chi connectivity index (χ0) is 25.4. The van der Waals surface area contributed by atoms with Crippen LogP contribution < -0.4 is 5.56 Å². The SMILES string of the molecule is O=C(c1ccccc1)C1CCN(C(=O)c2cc(Cc3c[nH]c(=O)c4cc(Cl)c(Cl)n34)ccc2F)CC1. The number of aromatic amines is 1. The Balaban J connectivity index is 1.33. The van der Waals surface area contributed by atoms with Gasteiger partial charge in [0.1, 0.15) is 16.5 Å². The fourth-order valence-corrected chi connectivity index (χ4v) is 5.17. The molecule has 184 valence electrons. The predicted octanol–water partition coefficient (Wildman–Crippen LogP) is 5.40. The Labute approximate surface area is 216 Å². The lowest BCUT2D eigenvalue weighted by atomic mass is 9.88. The number of likely N-dealkylation sites (tertiary alicyclic amines) is 1. The van der Waals surface area contributed by atoms with E-state index in [1.807, 2.05) is 18.2 Å². The van der Waals surface area contributed by atoms with Gasteiger partial charge in [-0.2, -0.15) is 0 Å². The van der Waals surface area contributed by atoms with Crippen molar-refractivity contribution in [2.75, 3.05) is 13.1 Å². The van der Waals surface area contributed by atoms with Gasteiger partial charge in [0.15, 0.2) is 5.78 Å². The molecular formula is C27H22Cl2FN3O3. The molecular weight excluding hydrogens is 504 g/mol. The third kappa shape index (κ3) is 4.56. The molecule has 0 radical (unpaired) electrons. The van der Waals surface area contributed by atoms with E-state index in [9.17, 15) is 18.8 Å². The molecule has 0 bridgehead atoms. The van der Waals surface area contributed by atoms with Gasteiger partial charge in [0, 0.05) is 42.9 Å². The minimum absolute atomic E-state index is 0.0300. The van der Waals surface area contributed by atoms with Crippen LogP contribution in [-0.2, 0) is 6.42 Å². The standard InChI is InChI=1S/C27H22Cl2FN3O3/c28-21-14-23-26(35)31-15-19(33(23)25(21)29)12-16-6-7-22(30)20(13-16)27(36)32-10-8-18(9-11-32)24(34)17-4-2-1-3-5-17/h1-7,13-15,18H,8-12H2,(H,31,35). The Morgan fingerprint density at radius 2 is 1.75 bits per heavy atom. The van der Waals surface area contributed by atoms with E-state index in [2.05, 4.69) is 4.98 Å². The van der Waals surface area contributed by atoms with Gasteiger partial charge in [0.2, 0.25) is 0 Å². The summed E-state index contributed by atoms with van der Waals surface area (Å²) < 4.78 is 16.3. The third-order valence-corrected chi connectivity index (χ3v) is 7.40. The number of aromatic nitrogens is 2. The molecule has 0 aliphatic carbocycles. The topological polar surface area (TPSA) is 74.7 Å². The number of carbonyl (C=O) groups is 2. The van der Waals surface area contributed by atoms with Gasteiger partial charge in [-0.3, -0.25) is 18.8 Å². The van der Waals surface area contributed by atoms with Gasteiger partial charge in [-0.1, -0.05) is 59.6 Å². The average Bonchev–Trinajstić information content (AvgIpc) is 3.21. The van der Waals surface area contributed by atoms with Crippen molar-refractivity contribution in [3.63, 3.8) is 0 Å². The number of amides is 1. The van der Waals surface area contributed by atoms with Crippen molar-refractivity contribution in [1.29, 1.82) is 0 Å². The number of benzene rings is 2. The van der Waals surface area contributed by atoms with E-state index in [-0.39, 0.29) is 39.4 Å². The number of nitrogens with one attached hydrogen (secondary N) is 1. The number of Topliss-reactive ketones (excluding diaryl/α,β-unsaturated/α-hetero) is 1. The molecule has 36 heavy (non-hydrogen) atoms. The molecule has 1 aliphatic rings. The molecule has 0 spiro atoms. The van der Waals surface area contributed by atoms with Crippen molar-refractivity contribution >= 4 is 40.4 Å². The van der Waals surface area contributed by atoms with Crippen LogP contribution in [0.5, 0.6) is 0 Å².